The summed E-state index contributed by atoms with van der Waals surface area (Å²) in [5, 5.41) is 18.2. The van der Waals surface area contributed by atoms with E-state index in [1.54, 1.807) is 9.80 Å². The van der Waals surface area contributed by atoms with Crippen LogP contribution in [-0.2, 0) is 20.9 Å². The van der Waals surface area contributed by atoms with E-state index in [1.807, 2.05) is 24.3 Å². The molecule has 0 bridgehead atoms. The molecular weight excluding hydrogens is 380 g/mol. The van der Waals surface area contributed by atoms with Gasteiger partial charge in [0.1, 0.15) is 12.1 Å². The lowest BCUT2D eigenvalue weighted by Gasteiger charge is -2.37. The zero-order chi connectivity index (χ0) is 21.0. The molecular formula is C19H26N4O6. The van der Waals surface area contributed by atoms with Crippen molar-refractivity contribution in [2.45, 2.75) is 25.1 Å². The number of carboxylic acid groups (broad SMARTS) is 2. The fourth-order valence-corrected chi connectivity index (χ4v) is 3.72. The molecule has 1 unspecified atom stereocenters. The third-order valence-electron chi connectivity index (χ3n) is 5.32. The number of hydrogen-bond donors (Lipinski definition) is 3. The average molecular weight is 406 g/mol. The van der Waals surface area contributed by atoms with Crippen LogP contribution in [0, 0.1) is 0 Å². The minimum Gasteiger partial charge on any atom is -0.481 e. The minimum absolute atomic E-state index is 0.280. The number of aliphatic carboxylic acids is 2. The number of nitrogens with zero attached hydrogens (tertiary/aromatic N) is 3. The zero-order valence-electron chi connectivity index (χ0n) is 16.1. The highest BCUT2D eigenvalue weighted by atomic mass is 16.6. The SMILES string of the molecule is NCc1ccc(N2CC(CN3CCN([C@H](CC(=O)O)C(=O)O)CC3)OC2=O)cc1. The molecule has 3 rings (SSSR count). The molecule has 1 aromatic carbocycles. The number of amides is 1. The Kier molecular flexibility index (Phi) is 6.68. The number of anilines is 1. The number of piperazine rings is 1. The van der Waals surface area contributed by atoms with Crippen molar-refractivity contribution in [1.82, 2.24) is 9.80 Å². The molecule has 0 aliphatic carbocycles. The van der Waals surface area contributed by atoms with Gasteiger partial charge in [0.15, 0.2) is 0 Å². The van der Waals surface area contributed by atoms with Gasteiger partial charge < -0.3 is 20.7 Å². The number of carbonyl (C=O) groups is 3. The van der Waals surface area contributed by atoms with E-state index in [0.29, 0.717) is 45.8 Å². The second-order valence-electron chi connectivity index (χ2n) is 7.28. The fourth-order valence-electron chi connectivity index (χ4n) is 3.72. The van der Waals surface area contributed by atoms with E-state index < -0.39 is 24.4 Å². The molecule has 2 heterocycles. The first-order chi connectivity index (χ1) is 13.9. The van der Waals surface area contributed by atoms with Gasteiger partial charge in [0, 0.05) is 45.0 Å². The molecule has 2 aliphatic heterocycles. The van der Waals surface area contributed by atoms with Crippen LogP contribution >= 0.6 is 0 Å². The summed E-state index contributed by atoms with van der Waals surface area (Å²) in [6, 6.07) is 6.43. The molecule has 0 saturated carbocycles. The van der Waals surface area contributed by atoms with Gasteiger partial charge in [-0.1, -0.05) is 12.1 Å². The smallest absolute Gasteiger partial charge is 0.414 e. The number of carboxylic acids is 2. The number of carbonyl (C=O) groups excluding carboxylic acids is 1. The van der Waals surface area contributed by atoms with Crippen molar-refractivity contribution in [3.63, 3.8) is 0 Å². The predicted molar refractivity (Wildman–Crippen MR) is 104 cm³/mol. The summed E-state index contributed by atoms with van der Waals surface area (Å²) in [4.78, 5) is 39.9. The molecule has 0 spiro atoms. The third-order valence-corrected chi connectivity index (χ3v) is 5.32. The standard InChI is InChI=1S/C19H26N4O6/c20-10-13-1-3-14(4-2-13)23-12-15(29-19(23)28)11-21-5-7-22(8-6-21)16(18(26)27)9-17(24)25/h1-4,15-16H,5-12,20H2,(H,24,25)(H,26,27)/t15?,16-/m1/s1. The Morgan fingerprint density at radius 3 is 2.34 bits per heavy atom. The topological polar surface area (TPSA) is 137 Å². The molecule has 0 radical (unpaired) electrons. The maximum absolute atomic E-state index is 12.2. The van der Waals surface area contributed by atoms with Gasteiger partial charge in [0.2, 0.25) is 0 Å². The molecule has 2 atom stereocenters. The average Bonchev–Trinajstić information content (AvgIpc) is 3.06. The summed E-state index contributed by atoms with van der Waals surface area (Å²) < 4.78 is 5.49. The summed E-state index contributed by atoms with van der Waals surface area (Å²) in [5.74, 6) is -2.25. The van der Waals surface area contributed by atoms with Crippen LogP contribution in [0.5, 0.6) is 0 Å². The normalized spacial score (nSPS) is 21.8. The second-order valence-corrected chi connectivity index (χ2v) is 7.28. The van der Waals surface area contributed by atoms with Crippen molar-refractivity contribution in [3.8, 4) is 0 Å². The summed E-state index contributed by atoms with van der Waals surface area (Å²) in [6.07, 6.45) is -1.09. The van der Waals surface area contributed by atoms with E-state index in [0.717, 1.165) is 11.3 Å². The number of nitrogens with two attached hydrogens (primary N) is 1. The van der Waals surface area contributed by atoms with Crippen molar-refractivity contribution < 1.29 is 29.3 Å². The molecule has 1 amide bonds. The first-order valence-electron chi connectivity index (χ1n) is 9.55. The number of hydrogen-bond acceptors (Lipinski definition) is 7. The van der Waals surface area contributed by atoms with Gasteiger partial charge in [-0.05, 0) is 17.7 Å². The molecule has 0 aromatic heterocycles. The van der Waals surface area contributed by atoms with Crippen molar-refractivity contribution in [3.05, 3.63) is 29.8 Å². The van der Waals surface area contributed by atoms with Crippen LogP contribution in [0.3, 0.4) is 0 Å². The lowest BCUT2D eigenvalue weighted by atomic mass is 10.1. The Hall–Kier alpha value is -2.69. The van der Waals surface area contributed by atoms with E-state index in [1.165, 1.54) is 0 Å². The highest BCUT2D eigenvalue weighted by Gasteiger charge is 2.35. The van der Waals surface area contributed by atoms with Gasteiger partial charge in [-0.15, -0.1) is 0 Å². The molecule has 4 N–H and O–H groups in total. The van der Waals surface area contributed by atoms with Crippen LogP contribution in [0.4, 0.5) is 10.5 Å². The molecule has 158 valence electrons. The molecule has 2 fully saturated rings. The second kappa shape index (κ2) is 9.21. The largest absolute Gasteiger partial charge is 0.481 e. The number of ether oxygens (including phenoxy) is 1. The van der Waals surface area contributed by atoms with Gasteiger partial charge in [0.25, 0.3) is 0 Å². The highest BCUT2D eigenvalue weighted by molar-refractivity contribution is 5.89. The van der Waals surface area contributed by atoms with Crippen molar-refractivity contribution in [2.24, 2.45) is 5.73 Å². The Labute approximate surface area is 168 Å². The Balaban J connectivity index is 1.51. The molecule has 10 nitrogen and oxygen atoms in total. The van der Waals surface area contributed by atoms with Gasteiger partial charge in [-0.2, -0.15) is 0 Å². The number of benzene rings is 1. The maximum Gasteiger partial charge on any atom is 0.414 e. The Morgan fingerprint density at radius 2 is 1.79 bits per heavy atom. The summed E-state index contributed by atoms with van der Waals surface area (Å²) >= 11 is 0. The Morgan fingerprint density at radius 1 is 1.14 bits per heavy atom. The van der Waals surface area contributed by atoms with Crippen LogP contribution in [0.2, 0.25) is 0 Å². The van der Waals surface area contributed by atoms with Crippen LogP contribution in [0.15, 0.2) is 24.3 Å². The molecule has 1 aromatic rings. The van der Waals surface area contributed by atoms with Gasteiger partial charge >= 0.3 is 18.0 Å². The van der Waals surface area contributed by atoms with Gasteiger partial charge in [0.05, 0.1) is 13.0 Å². The lowest BCUT2D eigenvalue weighted by Crippen LogP contribution is -2.54. The first-order valence-corrected chi connectivity index (χ1v) is 9.55. The van der Waals surface area contributed by atoms with E-state index in [9.17, 15) is 19.5 Å². The zero-order valence-corrected chi connectivity index (χ0v) is 16.1. The molecule has 10 heteroatoms. The minimum atomic E-state index is -1.13. The maximum atomic E-state index is 12.2. The lowest BCUT2D eigenvalue weighted by molar-refractivity contribution is -0.150. The molecule has 29 heavy (non-hydrogen) atoms. The number of cyclic esters (lactones) is 1. The van der Waals surface area contributed by atoms with Crippen LogP contribution in [-0.4, -0.2) is 89.5 Å². The summed E-state index contributed by atoms with van der Waals surface area (Å²) in [6.45, 7) is 3.51. The van der Waals surface area contributed by atoms with Gasteiger partial charge in [-0.3, -0.25) is 24.3 Å². The van der Waals surface area contributed by atoms with E-state index >= 15 is 0 Å². The summed E-state index contributed by atoms with van der Waals surface area (Å²) in [7, 11) is 0. The van der Waals surface area contributed by atoms with Crippen molar-refractivity contribution in [2.75, 3.05) is 44.2 Å². The third kappa shape index (κ3) is 5.22. The van der Waals surface area contributed by atoms with E-state index in [-0.39, 0.29) is 12.2 Å². The fraction of sp³-hybridized carbons (Fsp3) is 0.526. The summed E-state index contributed by atoms with van der Waals surface area (Å²) in [5.41, 5.74) is 7.35. The van der Waals surface area contributed by atoms with E-state index in [2.05, 4.69) is 4.90 Å². The molecule has 2 saturated heterocycles. The van der Waals surface area contributed by atoms with Crippen LogP contribution in [0.1, 0.15) is 12.0 Å². The number of rotatable bonds is 8. The monoisotopic (exact) mass is 406 g/mol. The predicted octanol–water partition coefficient (Wildman–Crippen LogP) is 0.0160. The molecule has 2 aliphatic rings. The highest BCUT2D eigenvalue weighted by Crippen LogP contribution is 2.23. The van der Waals surface area contributed by atoms with Gasteiger partial charge in [-0.25, -0.2) is 4.79 Å². The first kappa shape index (κ1) is 21.0. The van der Waals surface area contributed by atoms with Crippen molar-refractivity contribution >= 4 is 23.7 Å². The van der Waals surface area contributed by atoms with Crippen LogP contribution < -0.4 is 10.6 Å². The van der Waals surface area contributed by atoms with E-state index in [4.69, 9.17) is 15.6 Å². The van der Waals surface area contributed by atoms with Crippen molar-refractivity contribution in [1.29, 1.82) is 0 Å². The quantitative estimate of drug-likeness (QED) is 0.545. The Bertz CT molecular complexity index is 748. The van der Waals surface area contributed by atoms with Crippen LogP contribution in [0.25, 0.3) is 0 Å².